The van der Waals surface area contributed by atoms with Gasteiger partial charge in [-0.3, -0.25) is 14.7 Å². The average Bonchev–Trinajstić information content (AvgIpc) is 2.99. The molecular weight excluding hydrogens is 559 g/mol. The summed E-state index contributed by atoms with van der Waals surface area (Å²) >= 11 is 6.51. The second kappa shape index (κ2) is 13.6. The molecule has 42 heavy (non-hydrogen) atoms. The third-order valence-corrected chi connectivity index (χ3v) is 7.08. The molecule has 1 amide bonds. The standard InChI is InChI=1S/C31H32ClFN6O3/c1-3-41-29-17-26-23(16-27(29)38-31(40)25(33)11-14-39-12-5-4-6-13-39)30(36-19-35-26)37-21-8-10-28(24(32)15-21)42-22-9-7-20(2)34-18-22/h7-11,15-19H,3-6,12-14H2,1-2H3,(H,38,40)(H,35,36,37)/b25-11+. The summed E-state index contributed by atoms with van der Waals surface area (Å²) in [4.78, 5) is 27.9. The smallest absolute Gasteiger partial charge is 0.284 e. The second-order valence-electron chi connectivity index (χ2n) is 9.90. The number of likely N-dealkylation sites (tertiary alicyclic amines) is 1. The fourth-order valence-electron chi connectivity index (χ4n) is 4.62. The number of benzene rings is 2. The highest BCUT2D eigenvalue weighted by molar-refractivity contribution is 6.32. The topological polar surface area (TPSA) is 102 Å². The van der Waals surface area contributed by atoms with Crippen molar-refractivity contribution in [3.8, 4) is 17.2 Å². The fourth-order valence-corrected chi connectivity index (χ4v) is 4.84. The lowest BCUT2D eigenvalue weighted by molar-refractivity contribution is -0.114. The molecule has 0 saturated carbocycles. The summed E-state index contributed by atoms with van der Waals surface area (Å²) in [6.45, 7) is 6.29. The Morgan fingerprint density at radius 3 is 2.64 bits per heavy atom. The van der Waals surface area contributed by atoms with E-state index in [4.69, 9.17) is 21.1 Å². The Morgan fingerprint density at radius 1 is 1.07 bits per heavy atom. The quantitative estimate of drug-likeness (QED) is 0.187. The van der Waals surface area contributed by atoms with Crippen molar-refractivity contribution in [1.82, 2.24) is 19.9 Å². The Balaban J connectivity index is 1.36. The van der Waals surface area contributed by atoms with Gasteiger partial charge < -0.3 is 20.1 Å². The average molecular weight is 591 g/mol. The van der Waals surface area contributed by atoms with Crippen LogP contribution < -0.4 is 20.1 Å². The molecule has 0 unspecified atom stereocenters. The van der Waals surface area contributed by atoms with E-state index in [1.54, 1.807) is 36.5 Å². The van der Waals surface area contributed by atoms with Gasteiger partial charge >= 0.3 is 0 Å². The lowest BCUT2D eigenvalue weighted by Gasteiger charge is -2.24. The van der Waals surface area contributed by atoms with Gasteiger partial charge in [0.2, 0.25) is 0 Å². The Labute approximate surface area is 248 Å². The number of ether oxygens (including phenoxy) is 2. The number of carbonyl (C=O) groups excluding carboxylic acids is 1. The third kappa shape index (κ3) is 7.32. The van der Waals surface area contributed by atoms with Crippen LogP contribution in [0.15, 0.2) is 66.9 Å². The maximum absolute atomic E-state index is 14.8. The van der Waals surface area contributed by atoms with Crippen LogP contribution >= 0.6 is 11.6 Å². The molecule has 0 atom stereocenters. The van der Waals surface area contributed by atoms with Crippen LogP contribution in [0.25, 0.3) is 10.9 Å². The number of hydrogen-bond acceptors (Lipinski definition) is 8. The molecule has 0 aliphatic carbocycles. The number of nitrogens with zero attached hydrogens (tertiary/aromatic N) is 4. The molecule has 2 aromatic carbocycles. The fraction of sp³-hybridized carbons (Fsp3) is 0.290. The van der Waals surface area contributed by atoms with Gasteiger partial charge in [0.1, 0.15) is 29.4 Å². The molecule has 11 heteroatoms. The summed E-state index contributed by atoms with van der Waals surface area (Å²) in [5.74, 6) is 0.202. The highest BCUT2D eigenvalue weighted by Crippen LogP contribution is 2.36. The predicted molar refractivity (Wildman–Crippen MR) is 163 cm³/mol. The molecule has 2 aromatic heterocycles. The van der Waals surface area contributed by atoms with Crippen LogP contribution in [0.3, 0.4) is 0 Å². The van der Waals surface area contributed by atoms with E-state index in [9.17, 15) is 9.18 Å². The molecule has 9 nitrogen and oxygen atoms in total. The van der Waals surface area contributed by atoms with Crippen LogP contribution in [0, 0.1) is 6.92 Å². The van der Waals surface area contributed by atoms with E-state index >= 15 is 0 Å². The predicted octanol–water partition coefficient (Wildman–Crippen LogP) is 7.20. The first kappa shape index (κ1) is 29.2. The number of anilines is 3. The normalized spacial score (nSPS) is 14.0. The van der Waals surface area contributed by atoms with Crippen LogP contribution in [0.1, 0.15) is 31.9 Å². The Bertz CT molecular complexity index is 1590. The molecule has 1 aliphatic rings. The van der Waals surface area contributed by atoms with E-state index < -0.39 is 11.7 Å². The highest BCUT2D eigenvalue weighted by atomic mass is 35.5. The minimum Gasteiger partial charge on any atom is -0.492 e. The molecule has 1 fully saturated rings. The Morgan fingerprint density at radius 2 is 1.90 bits per heavy atom. The molecule has 5 rings (SSSR count). The first-order valence-electron chi connectivity index (χ1n) is 13.9. The van der Waals surface area contributed by atoms with Crippen molar-refractivity contribution in [3.05, 3.63) is 77.6 Å². The maximum atomic E-state index is 14.8. The number of fused-ring (bicyclic) bond motifs is 1. The van der Waals surface area contributed by atoms with Gasteiger partial charge in [-0.1, -0.05) is 18.0 Å². The van der Waals surface area contributed by atoms with Gasteiger partial charge in [-0.15, -0.1) is 0 Å². The highest BCUT2D eigenvalue weighted by Gasteiger charge is 2.17. The number of hydrogen-bond donors (Lipinski definition) is 2. The number of amides is 1. The lowest BCUT2D eigenvalue weighted by atomic mass is 10.1. The molecule has 218 valence electrons. The SMILES string of the molecule is CCOc1cc2ncnc(Nc3ccc(Oc4ccc(C)nc4)c(Cl)c3)c2cc1NC(=O)/C(F)=C\CN1CCCCC1. The van der Waals surface area contributed by atoms with Gasteiger partial charge in [0.05, 0.1) is 29.0 Å². The van der Waals surface area contributed by atoms with E-state index in [1.165, 1.54) is 18.8 Å². The number of halogens is 2. The molecular formula is C31H32ClFN6O3. The van der Waals surface area contributed by atoms with Crippen molar-refractivity contribution in [1.29, 1.82) is 0 Å². The largest absolute Gasteiger partial charge is 0.492 e. The second-order valence-corrected chi connectivity index (χ2v) is 10.3. The number of rotatable bonds is 10. The van der Waals surface area contributed by atoms with Crippen molar-refractivity contribution in [2.24, 2.45) is 0 Å². The third-order valence-electron chi connectivity index (χ3n) is 6.79. The van der Waals surface area contributed by atoms with Gasteiger partial charge in [0, 0.05) is 29.4 Å². The minimum absolute atomic E-state index is 0.308. The monoisotopic (exact) mass is 590 g/mol. The van der Waals surface area contributed by atoms with Crippen molar-refractivity contribution in [2.75, 3.05) is 36.9 Å². The van der Waals surface area contributed by atoms with Gasteiger partial charge in [0.15, 0.2) is 5.83 Å². The number of aromatic nitrogens is 3. The van der Waals surface area contributed by atoms with Crippen molar-refractivity contribution in [2.45, 2.75) is 33.1 Å². The number of nitrogens with one attached hydrogen (secondary N) is 2. The lowest BCUT2D eigenvalue weighted by Crippen LogP contribution is -2.30. The Kier molecular flexibility index (Phi) is 9.45. The Hall–Kier alpha value is -4.28. The van der Waals surface area contributed by atoms with Crippen LogP contribution in [-0.4, -0.2) is 52.0 Å². The van der Waals surface area contributed by atoms with Gasteiger partial charge in [-0.2, -0.15) is 0 Å². The van der Waals surface area contributed by atoms with E-state index in [0.29, 0.717) is 63.5 Å². The molecule has 1 saturated heterocycles. The van der Waals surface area contributed by atoms with E-state index in [1.807, 2.05) is 26.0 Å². The van der Waals surface area contributed by atoms with Crippen molar-refractivity contribution in [3.63, 3.8) is 0 Å². The minimum atomic E-state index is -0.843. The van der Waals surface area contributed by atoms with Crippen LogP contribution in [0.5, 0.6) is 17.2 Å². The number of aryl methyl sites for hydroxylation is 1. The maximum Gasteiger partial charge on any atom is 0.284 e. The first-order valence-corrected chi connectivity index (χ1v) is 14.3. The summed E-state index contributed by atoms with van der Waals surface area (Å²) < 4.78 is 26.4. The number of carbonyl (C=O) groups is 1. The summed E-state index contributed by atoms with van der Waals surface area (Å²) in [6.07, 6.45) is 7.74. The zero-order valence-electron chi connectivity index (χ0n) is 23.5. The van der Waals surface area contributed by atoms with Crippen molar-refractivity contribution < 1.29 is 18.7 Å². The summed E-state index contributed by atoms with van der Waals surface area (Å²) in [5.41, 5.74) is 2.42. The zero-order chi connectivity index (χ0) is 29.5. The summed E-state index contributed by atoms with van der Waals surface area (Å²) in [6, 6.07) is 12.3. The number of pyridine rings is 1. The summed E-state index contributed by atoms with van der Waals surface area (Å²) in [5, 5.41) is 6.89. The first-order chi connectivity index (χ1) is 20.4. The molecule has 0 bridgehead atoms. The summed E-state index contributed by atoms with van der Waals surface area (Å²) in [7, 11) is 0. The van der Waals surface area contributed by atoms with Gasteiger partial charge in [-0.25, -0.2) is 14.4 Å². The van der Waals surface area contributed by atoms with E-state index in [0.717, 1.165) is 31.6 Å². The van der Waals surface area contributed by atoms with Gasteiger partial charge in [-0.05, 0) is 82.3 Å². The molecule has 3 heterocycles. The molecule has 0 spiro atoms. The molecule has 1 aliphatic heterocycles. The van der Waals surface area contributed by atoms with Crippen LogP contribution in [-0.2, 0) is 4.79 Å². The number of piperidine rings is 1. The molecule has 0 radical (unpaired) electrons. The zero-order valence-corrected chi connectivity index (χ0v) is 24.2. The van der Waals surface area contributed by atoms with Crippen molar-refractivity contribution >= 4 is 45.6 Å². The van der Waals surface area contributed by atoms with E-state index in [-0.39, 0.29) is 0 Å². The molecule has 4 aromatic rings. The van der Waals surface area contributed by atoms with E-state index in [2.05, 4.69) is 30.5 Å². The molecule has 2 N–H and O–H groups in total. The van der Waals surface area contributed by atoms with Gasteiger partial charge in [0.25, 0.3) is 5.91 Å². The van der Waals surface area contributed by atoms with Crippen LogP contribution in [0.4, 0.5) is 21.6 Å². The van der Waals surface area contributed by atoms with Crippen LogP contribution in [0.2, 0.25) is 5.02 Å².